The zero-order valence-corrected chi connectivity index (χ0v) is 13.7. The lowest BCUT2D eigenvalue weighted by Gasteiger charge is -2.03. The van der Waals surface area contributed by atoms with E-state index in [-0.39, 0.29) is 5.92 Å². The molecular formula is C15H15N5S2. The van der Waals surface area contributed by atoms with Crippen LogP contribution in [-0.2, 0) is 0 Å². The Hall–Kier alpha value is -2.09. The first-order chi connectivity index (χ1) is 10.7. The highest BCUT2D eigenvalue weighted by Crippen LogP contribution is 2.29. The highest BCUT2D eigenvalue weighted by atomic mass is 32.2. The minimum Gasteiger partial charge on any atom is -0.330 e. The van der Waals surface area contributed by atoms with Crippen molar-refractivity contribution < 1.29 is 0 Å². The molecule has 22 heavy (non-hydrogen) atoms. The lowest BCUT2D eigenvalue weighted by atomic mass is 10.1. The minimum absolute atomic E-state index is 0.123. The number of benzene rings is 1. The summed E-state index contributed by atoms with van der Waals surface area (Å²) in [6.45, 7) is 2.04. The van der Waals surface area contributed by atoms with Crippen LogP contribution in [0.4, 0.5) is 10.8 Å². The van der Waals surface area contributed by atoms with Crippen molar-refractivity contribution in [2.75, 3.05) is 11.1 Å². The lowest BCUT2D eigenvalue weighted by Crippen LogP contribution is -1.99. The molecule has 0 amide bonds. The van der Waals surface area contributed by atoms with Crippen molar-refractivity contribution in [2.24, 2.45) is 5.92 Å². The van der Waals surface area contributed by atoms with E-state index in [2.05, 4.69) is 27.7 Å². The number of thioether (sulfide) groups is 1. The van der Waals surface area contributed by atoms with Crippen molar-refractivity contribution in [2.45, 2.75) is 24.1 Å². The Bertz CT molecular complexity index is 698. The van der Waals surface area contributed by atoms with Crippen molar-refractivity contribution in [1.82, 2.24) is 10.2 Å². The van der Waals surface area contributed by atoms with Crippen LogP contribution >= 0.6 is 23.1 Å². The molecule has 0 aliphatic heterocycles. The first-order valence-corrected chi connectivity index (χ1v) is 8.58. The van der Waals surface area contributed by atoms with Crippen molar-refractivity contribution in [3.8, 4) is 12.1 Å². The smallest absolute Gasteiger partial charge is 0.210 e. The van der Waals surface area contributed by atoms with Crippen LogP contribution in [0.15, 0.2) is 28.6 Å². The number of aromatic nitrogens is 2. The number of anilines is 2. The van der Waals surface area contributed by atoms with Gasteiger partial charge in [0.15, 0.2) is 4.34 Å². The fourth-order valence-electron chi connectivity index (χ4n) is 1.76. The van der Waals surface area contributed by atoms with E-state index in [1.165, 1.54) is 28.7 Å². The molecule has 1 aromatic heterocycles. The molecule has 7 heteroatoms. The quantitative estimate of drug-likeness (QED) is 0.769. The zero-order valence-electron chi connectivity index (χ0n) is 12.1. The second kappa shape index (κ2) is 8.38. The Kier molecular flexibility index (Phi) is 6.20. The number of nitrogens with zero attached hydrogens (tertiary/aromatic N) is 4. The van der Waals surface area contributed by atoms with Gasteiger partial charge >= 0.3 is 0 Å². The standard InChI is InChI=1S/C15H15N5S2/c1-11-4-2-6-13(8-11)18-14-19-20-15(22-14)21-10-12(9-17)5-3-7-16/h2,4,6,8,12H,3,5,10H2,1H3,(H,18,19)/t12-/m1/s1. The summed E-state index contributed by atoms with van der Waals surface area (Å²) in [5.41, 5.74) is 2.16. The Morgan fingerprint density at radius 2 is 2.23 bits per heavy atom. The zero-order chi connectivity index (χ0) is 15.8. The second-order valence-corrected chi connectivity index (χ2v) is 6.95. The maximum absolute atomic E-state index is 9.04. The molecule has 0 unspecified atom stereocenters. The molecule has 2 rings (SSSR count). The van der Waals surface area contributed by atoms with Crippen LogP contribution in [0.5, 0.6) is 0 Å². The molecule has 0 saturated heterocycles. The third-order valence-corrected chi connectivity index (χ3v) is 5.01. The van der Waals surface area contributed by atoms with E-state index in [0.717, 1.165) is 15.2 Å². The maximum Gasteiger partial charge on any atom is 0.210 e. The predicted molar refractivity (Wildman–Crippen MR) is 89.0 cm³/mol. The van der Waals surface area contributed by atoms with Gasteiger partial charge in [-0.3, -0.25) is 0 Å². The molecule has 1 aromatic carbocycles. The molecule has 2 aromatic rings. The largest absolute Gasteiger partial charge is 0.330 e. The summed E-state index contributed by atoms with van der Waals surface area (Å²) in [6, 6.07) is 12.3. The van der Waals surface area contributed by atoms with Gasteiger partial charge in [-0.2, -0.15) is 10.5 Å². The summed E-state index contributed by atoms with van der Waals surface area (Å²) < 4.78 is 0.826. The van der Waals surface area contributed by atoms with E-state index >= 15 is 0 Å². The number of hydrogen-bond donors (Lipinski definition) is 1. The predicted octanol–water partition coefficient (Wildman–Crippen LogP) is 4.13. The van der Waals surface area contributed by atoms with Crippen LogP contribution in [0.2, 0.25) is 0 Å². The molecule has 5 nitrogen and oxygen atoms in total. The van der Waals surface area contributed by atoms with Gasteiger partial charge in [-0.1, -0.05) is 35.2 Å². The van der Waals surface area contributed by atoms with Crippen LogP contribution in [0.1, 0.15) is 18.4 Å². The van der Waals surface area contributed by atoms with E-state index in [0.29, 0.717) is 18.6 Å². The van der Waals surface area contributed by atoms with Crippen LogP contribution in [0.25, 0.3) is 0 Å². The van der Waals surface area contributed by atoms with Gasteiger partial charge < -0.3 is 5.32 Å². The lowest BCUT2D eigenvalue weighted by molar-refractivity contribution is 0.685. The van der Waals surface area contributed by atoms with Crippen molar-refractivity contribution in [3.05, 3.63) is 29.8 Å². The van der Waals surface area contributed by atoms with Gasteiger partial charge in [0.1, 0.15) is 0 Å². The summed E-state index contributed by atoms with van der Waals surface area (Å²) in [6.07, 6.45) is 1.02. The van der Waals surface area contributed by atoms with Gasteiger partial charge in [0.2, 0.25) is 5.13 Å². The molecule has 1 heterocycles. The Balaban J connectivity index is 1.89. The highest BCUT2D eigenvalue weighted by molar-refractivity contribution is 8.01. The molecule has 112 valence electrons. The third-order valence-electron chi connectivity index (χ3n) is 2.87. The first-order valence-electron chi connectivity index (χ1n) is 6.78. The molecule has 0 aliphatic carbocycles. The Labute approximate surface area is 138 Å². The van der Waals surface area contributed by atoms with Gasteiger partial charge in [0, 0.05) is 17.9 Å². The van der Waals surface area contributed by atoms with Gasteiger partial charge in [-0.15, -0.1) is 10.2 Å². The van der Waals surface area contributed by atoms with E-state index in [1.54, 1.807) is 0 Å². The normalized spacial score (nSPS) is 11.4. The average Bonchev–Trinajstić information content (AvgIpc) is 2.95. The summed E-state index contributed by atoms with van der Waals surface area (Å²) in [5, 5.41) is 29.8. The van der Waals surface area contributed by atoms with Gasteiger partial charge in [0.05, 0.1) is 18.1 Å². The maximum atomic E-state index is 9.04. The van der Waals surface area contributed by atoms with Crippen LogP contribution in [-0.4, -0.2) is 16.0 Å². The fourth-order valence-corrected chi connectivity index (χ4v) is 3.62. The second-order valence-electron chi connectivity index (χ2n) is 4.70. The molecule has 0 saturated carbocycles. The number of rotatable bonds is 7. The molecule has 1 atom stereocenters. The average molecular weight is 329 g/mol. The molecule has 0 bridgehead atoms. The van der Waals surface area contributed by atoms with Gasteiger partial charge in [0.25, 0.3) is 0 Å². The van der Waals surface area contributed by atoms with Crippen LogP contribution < -0.4 is 5.32 Å². The topological polar surface area (TPSA) is 85.4 Å². The molecular weight excluding hydrogens is 314 g/mol. The monoisotopic (exact) mass is 329 g/mol. The van der Waals surface area contributed by atoms with Gasteiger partial charge in [-0.25, -0.2) is 0 Å². The molecule has 0 fully saturated rings. The van der Waals surface area contributed by atoms with E-state index in [9.17, 15) is 0 Å². The van der Waals surface area contributed by atoms with E-state index in [1.807, 2.05) is 31.2 Å². The summed E-state index contributed by atoms with van der Waals surface area (Å²) in [7, 11) is 0. The summed E-state index contributed by atoms with van der Waals surface area (Å²) in [5.74, 6) is 0.513. The van der Waals surface area contributed by atoms with Crippen molar-refractivity contribution in [3.63, 3.8) is 0 Å². The van der Waals surface area contributed by atoms with Crippen molar-refractivity contribution in [1.29, 1.82) is 10.5 Å². The SMILES string of the molecule is Cc1cccc(Nc2nnc(SC[C@@H](C#N)CCC#N)s2)c1. The van der Waals surface area contributed by atoms with Crippen LogP contribution in [0.3, 0.4) is 0 Å². The molecule has 0 spiro atoms. The Morgan fingerprint density at radius 3 is 2.95 bits per heavy atom. The van der Waals surface area contributed by atoms with Crippen LogP contribution in [0, 0.1) is 35.5 Å². The number of aryl methyl sites for hydroxylation is 1. The molecule has 0 radical (unpaired) electrons. The van der Waals surface area contributed by atoms with E-state index in [4.69, 9.17) is 10.5 Å². The Morgan fingerprint density at radius 1 is 1.36 bits per heavy atom. The number of hydrogen-bond acceptors (Lipinski definition) is 7. The fraction of sp³-hybridized carbons (Fsp3) is 0.333. The molecule has 1 N–H and O–H groups in total. The minimum atomic E-state index is -0.123. The summed E-state index contributed by atoms with van der Waals surface area (Å²) >= 11 is 2.98. The van der Waals surface area contributed by atoms with Crippen molar-refractivity contribution >= 4 is 33.9 Å². The first kappa shape index (κ1) is 16.3. The number of nitrogens with one attached hydrogen (secondary N) is 1. The third kappa shape index (κ3) is 5.03. The van der Waals surface area contributed by atoms with E-state index < -0.39 is 0 Å². The molecule has 0 aliphatic rings. The highest BCUT2D eigenvalue weighted by Gasteiger charge is 2.11. The number of nitriles is 2. The van der Waals surface area contributed by atoms with Gasteiger partial charge in [-0.05, 0) is 31.0 Å². The summed E-state index contributed by atoms with van der Waals surface area (Å²) in [4.78, 5) is 0.